The lowest BCUT2D eigenvalue weighted by Gasteiger charge is -2.22. The molecule has 0 aliphatic heterocycles. The molecule has 100 valence electrons. The smallest absolute Gasteiger partial charge is 0.221 e. The van der Waals surface area contributed by atoms with Crippen molar-refractivity contribution in [3.63, 3.8) is 0 Å². The first kappa shape index (κ1) is 14.7. The van der Waals surface area contributed by atoms with E-state index in [0.29, 0.717) is 6.54 Å². The van der Waals surface area contributed by atoms with Gasteiger partial charge < -0.3 is 15.7 Å². The second-order valence-electron chi connectivity index (χ2n) is 5.22. The minimum Gasteiger partial charge on any atom is -0.389 e. The molecule has 4 heteroatoms. The molecular formula is C14H22N2O2. The maximum absolute atomic E-state index is 11.0. The number of rotatable bonds is 5. The van der Waals surface area contributed by atoms with Crippen molar-refractivity contribution in [3.05, 3.63) is 29.8 Å². The molecule has 0 spiro atoms. The van der Waals surface area contributed by atoms with Gasteiger partial charge in [-0.05, 0) is 38.5 Å². The zero-order valence-electron chi connectivity index (χ0n) is 11.4. The van der Waals surface area contributed by atoms with Gasteiger partial charge in [-0.15, -0.1) is 0 Å². The fourth-order valence-electron chi connectivity index (χ4n) is 1.61. The number of amides is 1. The maximum Gasteiger partial charge on any atom is 0.221 e. The summed E-state index contributed by atoms with van der Waals surface area (Å²) < 4.78 is 0. The molecule has 3 N–H and O–H groups in total. The summed E-state index contributed by atoms with van der Waals surface area (Å²) in [6, 6.07) is 7.80. The number of aliphatic hydroxyl groups is 1. The topological polar surface area (TPSA) is 61.4 Å². The van der Waals surface area contributed by atoms with E-state index in [1.807, 2.05) is 31.2 Å². The highest BCUT2D eigenvalue weighted by Crippen LogP contribution is 2.17. The molecule has 1 unspecified atom stereocenters. The molecule has 1 atom stereocenters. The van der Waals surface area contributed by atoms with Crippen LogP contribution in [-0.4, -0.2) is 23.2 Å². The summed E-state index contributed by atoms with van der Waals surface area (Å²) in [7, 11) is 0. The van der Waals surface area contributed by atoms with Gasteiger partial charge in [0, 0.05) is 25.2 Å². The van der Waals surface area contributed by atoms with Crippen LogP contribution in [-0.2, 0) is 4.79 Å². The Labute approximate surface area is 108 Å². The van der Waals surface area contributed by atoms with E-state index in [-0.39, 0.29) is 11.9 Å². The zero-order valence-corrected chi connectivity index (χ0v) is 11.4. The molecule has 1 rings (SSSR count). The molecule has 0 radical (unpaired) electrons. The molecule has 0 aliphatic rings. The summed E-state index contributed by atoms with van der Waals surface area (Å²) in [6.07, 6.45) is 0. The average molecular weight is 250 g/mol. The highest BCUT2D eigenvalue weighted by atomic mass is 16.3. The van der Waals surface area contributed by atoms with Gasteiger partial charge in [-0.2, -0.15) is 0 Å². The highest BCUT2D eigenvalue weighted by Gasteiger charge is 2.14. The molecule has 0 aromatic heterocycles. The quantitative estimate of drug-likeness (QED) is 0.749. The van der Waals surface area contributed by atoms with Crippen molar-refractivity contribution >= 4 is 11.6 Å². The second-order valence-corrected chi connectivity index (χ2v) is 5.22. The summed E-state index contributed by atoms with van der Waals surface area (Å²) in [5.41, 5.74) is 1.13. The van der Waals surface area contributed by atoms with E-state index in [1.165, 1.54) is 6.92 Å². The summed E-state index contributed by atoms with van der Waals surface area (Å²) in [6.45, 7) is 7.56. The van der Waals surface area contributed by atoms with Gasteiger partial charge in [0.2, 0.25) is 5.91 Å². The van der Waals surface area contributed by atoms with Crippen LogP contribution in [0.4, 0.5) is 5.69 Å². The van der Waals surface area contributed by atoms with Crippen LogP contribution in [0.5, 0.6) is 0 Å². The van der Waals surface area contributed by atoms with Crippen LogP contribution in [0.3, 0.4) is 0 Å². The van der Waals surface area contributed by atoms with Gasteiger partial charge in [-0.3, -0.25) is 4.79 Å². The molecule has 0 bridgehead atoms. The van der Waals surface area contributed by atoms with Gasteiger partial charge in [0.05, 0.1) is 5.60 Å². The Kier molecular flexibility index (Phi) is 4.87. The van der Waals surface area contributed by atoms with E-state index in [0.717, 1.165) is 11.3 Å². The highest BCUT2D eigenvalue weighted by molar-refractivity contribution is 5.88. The number of carbonyl (C=O) groups excluding carboxylic acids is 1. The second kappa shape index (κ2) is 5.98. The van der Waals surface area contributed by atoms with Crippen molar-refractivity contribution in [2.75, 3.05) is 11.9 Å². The number of anilines is 1. The molecule has 1 amide bonds. The van der Waals surface area contributed by atoms with Crippen molar-refractivity contribution in [1.29, 1.82) is 0 Å². The van der Waals surface area contributed by atoms with Gasteiger partial charge >= 0.3 is 0 Å². The predicted molar refractivity (Wildman–Crippen MR) is 73.5 cm³/mol. The first-order valence-electron chi connectivity index (χ1n) is 6.11. The van der Waals surface area contributed by atoms with E-state index in [9.17, 15) is 9.90 Å². The lowest BCUT2D eigenvalue weighted by atomic mass is 10.1. The Balaban J connectivity index is 2.68. The first-order chi connectivity index (χ1) is 8.28. The Bertz CT molecular complexity index is 411. The van der Waals surface area contributed by atoms with Crippen LogP contribution >= 0.6 is 0 Å². The molecule has 1 aromatic carbocycles. The van der Waals surface area contributed by atoms with Crippen molar-refractivity contribution in [2.45, 2.75) is 39.3 Å². The molecule has 0 saturated heterocycles. The third-order valence-electron chi connectivity index (χ3n) is 2.55. The van der Waals surface area contributed by atoms with Crippen LogP contribution in [0.15, 0.2) is 24.3 Å². The summed E-state index contributed by atoms with van der Waals surface area (Å²) in [5.74, 6) is -0.0794. The minimum atomic E-state index is -0.733. The number of carbonyl (C=O) groups is 1. The summed E-state index contributed by atoms with van der Waals surface area (Å²) in [5, 5.41) is 15.7. The van der Waals surface area contributed by atoms with E-state index in [2.05, 4.69) is 10.6 Å². The minimum absolute atomic E-state index is 0.0794. The maximum atomic E-state index is 11.0. The summed E-state index contributed by atoms with van der Waals surface area (Å²) in [4.78, 5) is 11.0. The third-order valence-corrected chi connectivity index (χ3v) is 2.55. The number of nitrogens with one attached hydrogen (secondary N) is 2. The molecule has 0 saturated carbocycles. The molecule has 1 aromatic rings. The van der Waals surface area contributed by atoms with E-state index >= 15 is 0 Å². The predicted octanol–water partition coefficient (Wildman–Crippen LogP) is 2.07. The van der Waals surface area contributed by atoms with Crippen molar-refractivity contribution < 1.29 is 9.90 Å². The van der Waals surface area contributed by atoms with Crippen molar-refractivity contribution in [2.24, 2.45) is 0 Å². The van der Waals surface area contributed by atoms with Gasteiger partial charge in [0.1, 0.15) is 0 Å². The zero-order chi connectivity index (χ0) is 13.8. The SMILES string of the molecule is CC(=O)Nc1cccc(C(C)NCC(C)(C)O)c1. The van der Waals surface area contributed by atoms with Crippen LogP contribution in [0.1, 0.15) is 39.3 Å². The largest absolute Gasteiger partial charge is 0.389 e. The Morgan fingerprint density at radius 2 is 2.11 bits per heavy atom. The van der Waals surface area contributed by atoms with Crippen LogP contribution in [0.25, 0.3) is 0 Å². The molecule has 0 heterocycles. The number of hydrogen-bond donors (Lipinski definition) is 3. The van der Waals surface area contributed by atoms with Gasteiger partial charge in [0.25, 0.3) is 0 Å². The molecule has 0 fully saturated rings. The Morgan fingerprint density at radius 3 is 2.67 bits per heavy atom. The van der Waals surface area contributed by atoms with E-state index in [1.54, 1.807) is 13.8 Å². The fourth-order valence-corrected chi connectivity index (χ4v) is 1.61. The standard InChI is InChI=1S/C14H22N2O2/c1-10(15-9-14(3,4)18)12-6-5-7-13(8-12)16-11(2)17/h5-8,10,15,18H,9H2,1-4H3,(H,16,17). The lowest BCUT2D eigenvalue weighted by molar-refractivity contribution is -0.114. The molecular weight excluding hydrogens is 228 g/mol. The first-order valence-corrected chi connectivity index (χ1v) is 6.11. The fraction of sp³-hybridized carbons (Fsp3) is 0.500. The third kappa shape index (κ3) is 5.29. The molecule has 4 nitrogen and oxygen atoms in total. The van der Waals surface area contributed by atoms with E-state index < -0.39 is 5.60 Å². The van der Waals surface area contributed by atoms with Gasteiger partial charge in [0.15, 0.2) is 0 Å². The van der Waals surface area contributed by atoms with Crippen LogP contribution < -0.4 is 10.6 Å². The van der Waals surface area contributed by atoms with Crippen molar-refractivity contribution in [1.82, 2.24) is 5.32 Å². The van der Waals surface area contributed by atoms with Crippen LogP contribution in [0.2, 0.25) is 0 Å². The molecule has 18 heavy (non-hydrogen) atoms. The van der Waals surface area contributed by atoms with Gasteiger partial charge in [-0.1, -0.05) is 12.1 Å². The van der Waals surface area contributed by atoms with Crippen LogP contribution in [0, 0.1) is 0 Å². The monoisotopic (exact) mass is 250 g/mol. The number of benzene rings is 1. The Hall–Kier alpha value is -1.39. The van der Waals surface area contributed by atoms with Gasteiger partial charge in [-0.25, -0.2) is 0 Å². The Morgan fingerprint density at radius 1 is 1.44 bits per heavy atom. The lowest BCUT2D eigenvalue weighted by Crippen LogP contribution is -2.36. The normalized spacial score (nSPS) is 13.2. The van der Waals surface area contributed by atoms with Crippen molar-refractivity contribution in [3.8, 4) is 0 Å². The molecule has 0 aliphatic carbocycles. The van der Waals surface area contributed by atoms with E-state index in [4.69, 9.17) is 0 Å². The average Bonchev–Trinajstić information content (AvgIpc) is 2.24. The summed E-state index contributed by atoms with van der Waals surface area (Å²) >= 11 is 0. The number of hydrogen-bond acceptors (Lipinski definition) is 3.